The van der Waals surface area contributed by atoms with E-state index in [1.807, 2.05) is 13.0 Å². The van der Waals surface area contributed by atoms with Gasteiger partial charge < -0.3 is 9.31 Å². The van der Waals surface area contributed by atoms with Crippen LogP contribution in [0.15, 0.2) is 12.7 Å². The third kappa shape index (κ3) is 1.85. The highest BCUT2D eigenvalue weighted by molar-refractivity contribution is 6.47. The first-order chi connectivity index (χ1) is 4.84. The second-order valence-corrected chi connectivity index (χ2v) is 2.56. The van der Waals surface area contributed by atoms with Crippen molar-refractivity contribution in [3.8, 4) is 0 Å². The van der Waals surface area contributed by atoms with Crippen LogP contribution in [0, 0.1) is 0 Å². The quantitative estimate of drug-likeness (QED) is 0.427. The molecular formula is C7H13BO2. The topological polar surface area (TPSA) is 18.5 Å². The molecule has 3 heteroatoms. The Labute approximate surface area is 62.4 Å². The molecule has 1 fully saturated rings. The van der Waals surface area contributed by atoms with E-state index in [1.54, 1.807) is 0 Å². The summed E-state index contributed by atoms with van der Waals surface area (Å²) in [4.78, 5) is 0. The molecule has 1 unspecified atom stereocenters. The normalized spacial score (nSPS) is 22.3. The van der Waals surface area contributed by atoms with E-state index in [0.29, 0.717) is 5.82 Å². The largest absolute Gasteiger partial charge is 0.463 e. The SMILES string of the molecule is C=CC(C)B1OCCCO1. The van der Waals surface area contributed by atoms with E-state index in [9.17, 15) is 0 Å². The summed E-state index contributed by atoms with van der Waals surface area (Å²) in [6, 6.07) is 0. The van der Waals surface area contributed by atoms with Crippen LogP contribution < -0.4 is 0 Å². The first-order valence-electron chi connectivity index (χ1n) is 3.70. The Hall–Kier alpha value is -0.275. The van der Waals surface area contributed by atoms with Gasteiger partial charge in [-0.25, -0.2) is 0 Å². The molecule has 1 heterocycles. The van der Waals surface area contributed by atoms with Crippen LogP contribution in [0.5, 0.6) is 0 Å². The lowest BCUT2D eigenvalue weighted by atomic mass is 9.72. The molecule has 0 aromatic rings. The minimum Gasteiger partial charge on any atom is -0.411 e. The van der Waals surface area contributed by atoms with Crippen molar-refractivity contribution in [1.29, 1.82) is 0 Å². The van der Waals surface area contributed by atoms with Crippen LogP contribution in [0.3, 0.4) is 0 Å². The molecule has 0 aromatic heterocycles. The van der Waals surface area contributed by atoms with Crippen molar-refractivity contribution in [3.63, 3.8) is 0 Å². The zero-order valence-corrected chi connectivity index (χ0v) is 6.38. The van der Waals surface area contributed by atoms with E-state index in [2.05, 4.69) is 6.58 Å². The molecule has 0 radical (unpaired) electrons. The zero-order valence-electron chi connectivity index (χ0n) is 6.38. The van der Waals surface area contributed by atoms with Gasteiger partial charge in [-0.1, -0.05) is 13.0 Å². The van der Waals surface area contributed by atoms with E-state index in [4.69, 9.17) is 9.31 Å². The molecule has 2 nitrogen and oxygen atoms in total. The van der Waals surface area contributed by atoms with E-state index < -0.39 is 0 Å². The summed E-state index contributed by atoms with van der Waals surface area (Å²) in [6.45, 7) is 7.36. The first-order valence-corrected chi connectivity index (χ1v) is 3.70. The van der Waals surface area contributed by atoms with Crippen molar-refractivity contribution < 1.29 is 9.31 Å². The average Bonchev–Trinajstić information content (AvgIpc) is 2.05. The highest BCUT2D eigenvalue weighted by Crippen LogP contribution is 2.15. The summed E-state index contributed by atoms with van der Waals surface area (Å²) in [5.74, 6) is 0.306. The number of rotatable bonds is 2. The fourth-order valence-electron chi connectivity index (χ4n) is 0.921. The molecule has 0 spiro atoms. The fourth-order valence-corrected chi connectivity index (χ4v) is 0.921. The maximum Gasteiger partial charge on any atom is 0.463 e. The van der Waals surface area contributed by atoms with E-state index in [-0.39, 0.29) is 7.12 Å². The monoisotopic (exact) mass is 140 g/mol. The Morgan fingerprint density at radius 2 is 2.10 bits per heavy atom. The lowest BCUT2D eigenvalue weighted by molar-refractivity contribution is 0.131. The lowest BCUT2D eigenvalue weighted by Crippen LogP contribution is -2.32. The van der Waals surface area contributed by atoms with Crippen molar-refractivity contribution in [2.24, 2.45) is 0 Å². The van der Waals surface area contributed by atoms with Gasteiger partial charge in [-0.05, 0) is 6.42 Å². The summed E-state index contributed by atoms with van der Waals surface area (Å²) >= 11 is 0. The van der Waals surface area contributed by atoms with Crippen molar-refractivity contribution in [1.82, 2.24) is 0 Å². The summed E-state index contributed by atoms with van der Waals surface area (Å²) in [7, 11) is -0.0498. The van der Waals surface area contributed by atoms with Crippen molar-refractivity contribution in [3.05, 3.63) is 12.7 Å². The van der Waals surface area contributed by atoms with Crippen LogP contribution in [0.4, 0.5) is 0 Å². The van der Waals surface area contributed by atoms with Gasteiger partial charge in [0.1, 0.15) is 0 Å². The van der Waals surface area contributed by atoms with Gasteiger partial charge in [-0.15, -0.1) is 6.58 Å². The van der Waals surface area contributed by atoms with Gasteiger partial charge >= 0.3 is 7.12 Å². The first kappa shape index (κ1) is 7.83. The van der Waals surface area contributed by atoms with Gasteiger partial charge in [0.05, 0.1) is 0 Å². The molecule has 1 atom stereocenters. The Kier molecular flexibility index (Phi) is 2.96. The minimum atomic E-state index is -0.0498. The Morgan fingerprint density at radius 3 is 2.60 bits per heavy atom. The molecule has 1 aliphatic heterocycles. The van der Waals surface area contributed by atoms with Gasteiger partial charge in [0, 0.05) is 19.0 Å². The van der Waals surface area contributed by atoms with Crippen molar-refractivity contribution >= 4 is 7.12 Å². The van der Waals surface area contributed by atoms with Gasteiger partial charge in [-0.2, -0.15) is 0 Å². The Bertz CT molecular complexity index is 110. The Balaban J connectivity index is 2.30. The zero-order chi connectivity index (χ0) is 7.40. The molecule has 0 amide bonds. The van der Waals surface area contributed by atoms with Crippen LogP contribution in [0.2, 0.25) is 5.82 Å². The highest BCUT2D eigenvalue weighted by Gasteiger charge is 2.26. The summed E-state index contributed by atoms with van der Waals surface area (Å²) in [6.07, 6.45) is 2.87. The van der Waals surface area contributed by atoms with Crippen LogP contribution >= 0.6 is 0 Å². The summed E-state index contributed by atoms with van der Waals surface area (Å²) in [5, 5.41) is 0. The fraction of sp³-hybridized carbons (Fsp3) is 0.714. The van der Waals surface area contributed by atoms with Gasteiger partial charge in [0.25, 0.3) is 0 Å². The van der Waals surface area contributed by atoms with Gasteiger partial charge in [-0.3, -0.25) is 0 Å². The molecule has 0 N–H and O–H groups in total. The van der Waals surface area contributed by atoms with Crippen molar-refractivity contribution in [2.75, 3.05) is 13.2 Å². The van der Waals surface area contributed by atoms with E-state index >= 15 is 0 Å². The van der Waals surface area contributed by atoms with Crippen LogP contribution in [-0.2, 0) is 9.31 Å². The number of hydrogen-bond donors (Lipinski definition) is 0. The maximum absolute atomic E-state index is 5.34. The summed E-state index contributed by atoms with van der Waals surface area (Å²) in [5.41, 5.74) is 0. The predicted molar refractivity (Wildman–Crippen MR) is 41.9 cm³/mol. The molecule has 1 saturated heterocycles. The van der Waals surface area contributed by atoms with Gasteiger partial charge in [0.2, 0.25) is 0 Å². The van der Waals surface area contributed by atoms with Crippen LogP contribution in [0.1, 0.15) is 13.3 Å². The number of allylic oxidation sites excluding steroid dienone is 1. The molecule has 0 aliphatic carbocycles. The number of hydrogen-bond acceptors (Lipinski definition) is 2. The lowest BCUT2D eigenvalue weighted by Gasteiger charge is -2.22. The van der Waals surface area contributed by atoms with E-state index in [1.165, 1.54) is 0 Å². The molecule has 1 aliphatic rings. The average molecular weight is 140 g/mol. The molecule has 0 saturated carbocycles. The molecule has 1 rings (SSSR count). The summed E-state index contributed by atoms with van der Waals surface area (Å²) < 4.78 is 10.7. The molecule has 56 valence electrons. The standard InChI is InChI=1S/C7H13BO2/c1-3-7(2)8-9-5-4-6-10-8/h3,7H,1,4-6H2,2H3. The highest BCUT2D eigenvalue weighted by atomic mass is 16.6. The predicted octanol–water partition coefficient (Wildman–Crippen LogP) is 1.49. The second kappa shape index (κ2) is 3.79. The smallest absolute Gasteiger partial charge is 0.411 e. The van der Waals surface area contributed by atoms with Crippen LogP contribution in [0.25, 0.3) is 0 Å². The molecule has 0 aromatic carbocycles. The van der Waals surface area contributed by atoms with Crippen molar-refractivity contribution in [2.45, 2.75) is 19.2 Å². The van der Waals surface area contributed by atoms with Gasteiger partial charge in [0.15, 0.2) is 0 Å². The molecular weight excluding hydrogens is 127 g/mol. The third-order valence-electron chi connectivity index (χ3n) is 1.65. The second-order valence-electron chi connectivity index (χ2n) is 2.56. The molecule has 10 heavy (non-hydrogen) atoms. The third-order valence-corrected chi connectivity index (χ3v) is 1.65. The molecule has 0 bridgehead atoms. The maximum atomic E-state index is 5.34. The van der Waals surface area contributed by atoms with Crippen LogP contribution in [-0.4, -0.2) is 20.3 Å². The minimum absolute atomic E-state index is 0.0498. The Morgan fingerprint density at radius 1 is 1.50 bits per heavy atom. The van der Waals surface area contributed by atoms with E-state index in [0.717, 1.165) is 19.6 Å².